The van der Waals surface area contributed by atoms with Crippen molar-refractivity contribution in [1.82, 2.24) is 9.97 Å². The third-order valence-corrected chi connectivity index (χ3v) is 4.07. The number of pyridine rings is 2. The number of hydrogen-bond acceptors (Lipinski definition) is 4. The number of rotatable bonds is 6. The van der Waals surface area contributed by atoms with Crippen LogP contribution in [0.25, 0.3) is 0 Å². The number of anilines is 2. The maximum Gasteiger partial charge on any atom is 0.274 e. The second-order valence-electron chi connectivity index (χ2n) is 6.33. The number of amides is 1. The van der Waals surface area contributed by atoms with Gasteiger partial charge in [0, 0.05) is 36.5 Å². The summed E-state index contributed by atoms with van der Waals surface area (Å²) in [6, 6.07) is 15.3. The summed E-state index contributed by atoms with van der Waals surface area (Å²) in [5, 5.41) is 6.27. The molecule has 0 radical (unpaired) electrons. The van der Waals surface area contributed by atoms with E-state index in [1.807, 2.05) is 42.5 Å². The van der Waals surface area contributed by atoms with Crippen molar-refractivity contribution < 1.29 is 4.79 Å². The molecule has 3 aromatic rings. The number of aromatic nitrogens is 2. The third-order valence-electron chi connectivity index (χ3n) is 4.07. The topological polar surface area (TPSA) is 66.9 Å². The molecule has 0 atom stereocenters. The molecule has 5 nitrogen and oxygen atoms in total. The van der Waals surface area contributed by atoms with Gasteiger partial charge in [0.15, 0.2) is 0 Å². The zero-order valence-corrected chi connectivity index (χ0v) is 14.9. The summed E-state index contributed by atoms with van der Waals surface area (Å²) >= 11 is 0. The Balaban J connectivity index is 1.70. The van der Waals surface area contributed by atoms with Gasteiger partial charge in [0.25, 0.3) is 5.91 Å². The van der Waals surface area contributed by atoms with Crippen molar-refractivity contribution in [3.8, 4) is 0 Å². The zero-order chi connectivity index (χ0) is 18.4. The van der Waals surface area contributed by atoms with Gasteiger partial charge in [-0.15, -0.1) is 0 Å². The number of para-hydroxylation sites is 1. The van der Waals surface area contributed by atoms with Crippen molar-refractivity contribution in [2.24, 2.45) is 0 Å². The van der Waals surface area contributed by atoms with E-state index in [1.54, 1.807) is 24.7 Å². The Morgan fingerprint density at radius 2 is 1.81 bits per heavy atom. The van der Waals surface area contributed by atoms with Gasteiger partial charge >= 0.3 is 0 Å². The van der Waals surface area contributed by atoms with E-state index in [9.17, 15) is 4.79 Å². The number of hydrogen-bond donors (Lipinski definition) is 2. The van der Waals surface area contributed by atoms with Gasteiger partial charge in [-0.25, -0.2) is 0 Å². The molecule has 1 amide bonds. The van der Waals surface area contributed by atoms with Crippen LogP contribution >= 0.6 is 0 Å². The zero-order valence-electron chi connectivity index (χ0n) is 14.9. The Morgan fingerprint density at radius 3 is 2.58 bits per heavy atom. The third kappa shape index (κ3) is 4.45. The van der Waals surface area contributed by atoms with Crippen molar-refractivity contribution in [2.45, 2.75) is 26.3 Å². The average molecular weight is 346 g/mol. The Labute approximate surface area is 153 Å². The van der Waals surface area contributed by atoms with Crippen LogP contribution in [0.5, 0.6) is 0 Å². The molecule has 0 aliphatic carbocycles. The van der Waals surface area contributed by atoms with Crippen LogP contribution in [0.1, 0.15) is 41.4 Å². The number of carbonyl (C=O) groups excluding carboxylic acids is 1. The average Bonchev–Trinajstić information content (AvgIpc) is 2.67. The number of benzene rings is 1. The van der Waals surface area contributed by atoms with Crippen molar-refractivity contribution in [1.29, 1.82) is 0 Å². The summed E-state index contributed by atoms with van der Waals surface area (Å²) in [6.07, 6.45) is 5.15. The number of carbonyl (C=O) groups is 1. The van der Waals surface area contributed by atoms with Crippen LogP contribution in [-0.4, -0.2) is 15.9 Å². The standard InChI is InChI=1S/C21H22N4O/c1-15(2)18-5-3-4-6-19(18)25-21(26)20-13-17(9-12-23-20)24-14-16-7-10-22-11-8-16/h3-13,15H,14H2,1-2H3,(H,23,24)(H,25,26). The van der Waals surface area contributed by atoms with Gasteiger partial charge in [-0.05, 0) is 47.4 Å². The molecule has 1 aromatic carbocycles. The van der Waals surface area contributed by atoms with Crippen molar-refractivity contribution >= 4 is 17.3 Å². The normalized spacial score (nSPS) is 10.6. The van der Waals surface area contributed by atoms with Crippen LogP contribution in [0.4, 0.5) is 11.4 Å². The lowest BCUT2D eigenvalue weighted by Crippen LogP contribution is -2.15. The molecule has 26 heavy (non-hydrogen) atoms. The highest BCUT2D eigenvalue weighted by molar-refractivity contribution is 6.03. The van der Waals surface area contributed by atoms with E-state index < -0.39 is 0 Å². The van der Waals surface area contributed by atoms with Gasteiger partial charge in [0.2, 0.25) is 0 Å². The molecule has 3 rings (SSSR count). The van der Waals surface area contributed by atoms with Gasteiger partial charge < -0.3 is 10.6 Å². The molecule has 0 aliphatic rings. The van der Waals surface area contributed by atoms with E-state index >= 15 is 0 Å². The number of nitrogens with zero attached hydrogens (tertiary/aromatic N) is 2. The molecule has 0 bridgehead atoms. The van der Waals surface area contributed by atoms with Gasteiger partial charge in [-0.3, -0.25) is 14.8 Å². The van der Waals surface area contributed by atoms with Gasteiger partial charge in [-0.2, -0.15) is 0 Å². The van der Waals surface area contributed by atoms with Crippen LogP contribution < -0.4 is 10.6 Å². The fraction of sp³-hybridized carbons (Fsp3) is 0.190. The minimum atomic E-state index is -0.217. The maximum atomic E-state index is 12.6. The van der Waals surface area contributed by atoms with Gasteiger partial charge in [0.1, 0.15) is 5.69 Å². The van der Waals surface area contributed by atoms with E-state index in [0.717, 1.165) is 22.5 Å². The maximum absolute atomic E-state index is 12.6. The fourth-order valence-electron chi connectivity index (χ4n) is 2.67. The summed E-state index contributed by atoms with van der Waals surface area (Å²) in [5.74, 6) is 0.110. The molecule has 0 aliphatic heterocycles. The van der Waals surface area contributed by atoms with Crippen molar-refractivity contribution in [2.75, 3.05) is 10.6 Å². The quantitative estimate of drug-likeness (QED) is 0.691. The van der Waals surface area contributed by atoms with Crippen LogP contribution in [0.3, 0.4) is 0 Å². The summed E-state index contributed by atoms with van der Waals surface area (Å²) in [7, 11) is 0. The minimum Gasteiger partial charge on any atom is -0.381 e. The van der Waals surface area contributed by atoms with Gasteiger partial charge in [-0.1, -0.05) is 32.0 Å². The van der Waals surface area contributed by atoms with Crippen molar-refractivity contribution in [3.05, 3.63) is 83.9 Å². The molecular weight excluding hydrogens is 324 g/mol. The lowest BCUT2D eigenvalue weighted by molar-refractivity contribution is 0.102. The fourth-order valence-corrected chi connectivity index (χ4v) is 2.67. The Morgan fingerprint density at radius 1 is 1.04 bits per heavy atom. The van der Waals surface area contributed by atoms with Crippen molar-refractivity contribution in [3.63, 3.8) is 0 Å². The van der Waals surface area contributed by atoms with E-state index in [4.69, 9.17) is 0 Å². The highest BCUT2D eigenvalue weighted by Gasteiger charge is 2.12. The Hall–Kier alpha value is -3.21. The van der Waals surface area contributed by atoms with E-state index in [2.05, 4.69) is 34.4 Å². The first-order valence-electron chi connectivity index (χ1n) is 8.62. The Bertz CT molecular complexity index is 878. The molecule has 2 N–H and O–H groups in total. The molecular formula is C21H22N4O. The first-order valence-corrected chi connectivity index (χ1v) is 8.62. The van der Waals surface area contributed by atoms with Crippen LogP contribution in [0, 0.1) is 0 Å². The SMILES string of the molecule is CC(C)c1ccccc1NC(=O)c1cc(NCc2ccncc2)ccn1. The largest absolute Gasteiger partial charge is 0.381 e. The summed E-state index contributed by atoms with van der Waals surface area (Å²) in [6.45, 7) is 4.86. The molecule has 0 saturated carbocycles. The molecule has 2 aromatic heterocycles. The van der Waals surface area contributed by atoms with E-state index in [0.29, 0.717) is 18.2 Å². The molecule has 0 saturated heterocycles. The summed E-state index contributed by atoms with van der Waals surface area (Å²) in [4.78, 5) is 20.8. The van der Waals surface area contributed by atoms with Crippen LogP contribution in [0.2, 0.25) is 0 Å². The summed E-state index contributed by atoms with van der Waals surface area (Å²) in [5.41, 5.74) is 4.27. The predicted octanol–water partition coefficient (Wildman–Crippen LogP) is 4.46. The monoisotopic (exact) mass is 346 g/mol. The minimum absolute atomic E-state index is 0.217. The van der Waals surface area contributed by atoms with E-state index in [1.165, 1.54) is 0 Å². The molecule has 2 heterocycles. The molecule has 132 valence electrons. The molecule has 5 heteroatoms. The molecule has 0 spiro atoms. The Kier molecular flexibility index (Phi) is 5.59. The smallest absolute Gasteiger partial charge is 0.274 e. The highest BCUT2D eigenvalue weighted by atomic mass is 16.1. The highest BCUT2D eigenvalue weighted by Crippen LogP contribution is 2.24. The van der Waals surface area contributed by atoms with E-state index in [-0.39, 0.29) is 5.91 Å². The van der Waals surface area contributed by atoms with Crippen LogP contribution in [0.15, 0.2) is 67.1 Å². The first kappa shape index (κ1) is 17.6. The lowest BCUT2D eigenvalue weighted by atomic mass is 10.0. The van der Waals surface area contributed by atoms with Crippen LogP contribution in [-0.2, 0) is 6.54 Å². The number of nitrogens with one attached hydrogen (secondary N) is 2. The lowest BCUT2D eigenvalue weighted by Gasteiger charge is -2.13. The summed E-state index contributed by atoms with van der Waals surface area (Å²) < 4.78 is 0. The first-order chi connectivity index (χ1) is 12.6. The molecule has 0 fully saturated rings. The van der Waals surface area contributed by atoms with Gasteiger partial charge in [0.05, 0.1) is 0 Å². The molecule has 0 unspecified atom stereocenters. The second-order valence-corrected chi connectivity index (χ2v) is 6.33. The second kappa shape index (κ2) is 8.25. The predicted molar refractivity (Wildman–Crippen MR) is 104 cm³/mol.